The lowest BCUT2D eigenvalue weighted by molar-refractivity contribution is -0.0555. The number of carbonyl (C=O) groups is 1. The molecule has 1 aliphatic carbocycles. The predicted octanol–water partition coefficient (Wildman–Crippen LogP) is 3.60. The molecule has 1 saturated carbocycles. The molecule has 0 unspecified atom stereocenters. The largest absolute Gasteiger partial charge is 0.365 e. The molecule has 158 valence electrons. The molecule has 0 saturated heterocycles. The van der Waals surface area contributed by atoms with Crippen molar-refractivity contribution in [3.05, 3.63) is 41.2 Å². The van der Waals surface area contributed by atoms with Crippen LogP contribution in [0.3, 0.4) is 0 Å². The van der Waals surface area contributed by atoms with Gasteiger partial charge in [-0.15, -0.1) is 11.3 Å². The van der Waals surface area contributed by atoms with Crippen LogP contribution in [0.4, 0.5) is 30.5 Å². The maximum Gasteiger partial charge on any atom is 0.264 e. The molecule has 30 heavy (non-hydrogen) atoms. The summed E-state index contributed by atoms with van der Waals surface area (Å²) in [6.45, 7) is 0. The molecular weight excluding hydrogens is 417 g/mol. The van der Waals surface area contributed by atoms with Gasteiger partial charge in [0.15, 0.2) is 11.6 Å². The molecule has 0 spiro atoms. The first-order chi connectivity index (χ1) is 14.3. The van der Waals surface area contributed by atoms with E-state index in [9.17, 15) is 18.0 Å². The number of thiophene rings is 1. The van der Waals surface area contributed by atoms with Gasteiger partial charge in [0, 0.05) is 29.4 Å². The Kier molecular flexibility index (Phi) is 5.24. The summed E-state index contributed by atoms with van der Waals surface area (Å²) in [5, 5.41) is 8.23. The van der Waals surface area contributed by atoms with Crippen LogP contribution >= 0.6 is 11.3 Å². The van der Waals surface area contributed by atoms with Crippen LogP contribution in [0.1, 0.15) is 29.6 Å². The Hall–Kier alpha value is -2.92. The number of nitrogens with two attached hydrogens (primary N) is 2. The van der Waals surface area contributed by atoms with E-state index in [1.807, 2.05) is 6.07 Å². The molecule has 0 radical (unpaired) electrons. The van der Waals surface area contributed by atoms with Crippen LogP contribution in [0.2, 0.25) is 0 Å². The van der Waals surface area contributed by atoms with Crippen LogP contribution in [0, 0.1) is 5.82 Å². The third kappa shape index (κ3) is 3.77. The Morgan fingerprint density at radius 1 is 1.33 bits per heavy atom. The first kappa shape index (κ1) is 20.4. The molecule has 1 amide bonds. The normalized spacial score (nSPS) is 20.8. The van der Waals surface area contributed by atoms with Crippen molar-refractivity contribution in [1.82, 2.24) is 9.97 Å². The van der Waals surface area contributed by atoms with E-state index in [4.69, 9.17) is 11.5 Å². The van der Waals surface area contributed by atoms with E-state index in [0.29, 0.717) is 12.1 Å². The standard InChI is InChI=1S/C19H19F3N6OS/c20-11-7-10(15(24)29)16(27-13-8-30-18-9(13)3-2-6-25-18)28-17(11)26-12-4-1-5-19(21,22)14(12)23/h2-3,6-8,12,14H,1,4-5,23H2,(H2,24,29)(H2,26,27,28)/t12-,14-/m1/s1. The van der Waals surface area contributed by atoms with Crippen molar-refractivity contribution >= 4 is 44.8 Å². The summed E-state index contributed by atoms with van der Waals surface area (Å²) in [4.78, 5) is 21.0. The second kappa shape index (κ2) is 7.73. The van der Waals surface area contributed by atoms with Crippen molar-refractivity contribution in [2.24, 2.45) is 11.5 Å². The van der Waals surface area contributed by atoms with Crippen LogP contribution < -0.4 is 22.1 Å². The first-order valence-electron chi connectivity index (χ1n) is 9.26. The Labute approximate surface area is 173 Å². The van der Waals surface area contributed by atoms with E-state index in [1.165, 1.54) is 11.3 Å². The number of alkyl halides is 2. The van der Waals surface area contributed by atoms with Crippen LogP contribution in [0.15, 0.2) is 29.8 Å². The molecule has 0 bridgehead atoms. The second-order valence-corrected chi connectivity index (χ2v) is 8.00. The molecule has 0 aliphatic heterocycles. The van der Waals surface area contributed by atoms with Crippen LogP contribution in [-0.4, -0.2) is 33.9 Å². The third-order valence-corrected chi connectivity index (χ3v) is 6.01. The zero-order valence-corrected chi connectivity index (χ0v) is 16.5. The van der Waals surface area contributed by atoms with E-state index in [-0.39, 0.29) is 30.0 Å². The van der Waals surface area contributed by atoms with E-state index in [1.54, 1.807) is 17.6 Å². The van der Waals surface area contributed by atoms with E-state index >= 15 is 0 Å². The number of fused-ring (bicyclic) bond motifs is 1. The lowest BCUT2D eigenvalue weighted by Gasteiger charge is -2.36. The Bertz CT molecular complexity index is 1110. The highest BCUT2D eigenvalue weighted by Gasteiger charge is 2.45. The number of aromatic nitrogens is 2. The Balaban J connectivity index is 1.68. The summed E-state index contributed by atoms with van der Waals surface area (Å²) in [6.07, 6.45) is 1.94. The lowest BCUT2D eigenvalue weighted by Crippen LogP contribution is -2.55. The van der Waals surface area contributed by atoms with Crippen molar-refractivity contribution in [2.75, 3.05) is 10.6 Å². The number of carbonyl (C=O) groups excluding carboxylic acids is 1. The molecule has 6 N–H and O–H groups in total. The van der Waals surface area contributed by atoms with E-state index < -0.39 is 29.7 Å². The average Bonchev–Trinajstić information content (AvgIpc) is 3.10. The fraction of sp³-hybridized carbons (Fsp3) is 0.316. The maximum atomic E-state index is 14.6. The summed E-state index contributed by atoms with van der Waals surface area (Å²) in [6, 6.07) is 2.17. The van der Waals surface area contributed by atoms with Crippen molar-refractivity contribution in [1.29, 1.82) is 0 Å². The topological polar surface area (TPSA) is 119 Å². The van der Waals surface area contributed by atoms with Gasteiger partial charge in [0.2, 0.25) is 0 Å². The quantitative estimate of drug-likeness (QED) is 0.485. The lowest BCUT2D eigenvalue weighted by atomic mass is 9.87. The summed E-state index contributed by atoms with van der Waals surface area (Å²) < 4.78 is 42.5. The predicted molar refractivity (Wildman–Crippen MR) is 110 cm³/mol. The van der Waals surface area contributed by atoms with Gasteiger partial charge in [-0.2, -0.15) is 0 Å². The number of rotatable bonds is 5. The third-order valence-electron chi connectivity index (χ3n) is 5.11. The number of amides is 1. The number of nitrogens with zero attached hydrogens (tertiary/aromatic N) is 2. The maximum absolute atomic E-state index is 14.6. The van der Waals surface area contributed by atoms with Crippen molar-refractivity contribution in [3.8, 4) is 0 Å². The van der Waals surface area contributed by atoms with Gasteiger partial charge < -0.3 is 22.1 Å². The Morgan fingerprint density at radius 3 is 2.90 bits per heavy atom. The Morgan fingerprint density at radius 2 is 2.13 bits per heavy atom. The van der Waals surface area contributed by atoms with Crippen LogP contribution in [0.5, 0.6) is 0 Å². The van der Waals surface area contributed by atoms with E-state index in [0.717, 1.165) is 16.3 Å². The fourth-order valence-electron chi connectivity index (χ4n) is 3.50. The zero-order chi connectivity index (χ0) is 21.5. The summed E-state index contributed by atoms with van der Waals surface area (Å²) in [5.74, 6) is -5.09. The van der Waals surface area contributed by atoms with Gasteiger partial charge in [0.25, 0.3) is 11.8 Å². The van der Waals surface area contributed by atoms with Gasteiger partial charge in [0.1, 0.15) is 10.6 Å². The highest BCUT2D eigenvalue weighted by molar-refractivity contribution is 7.17. The monoisotopic (exact) mass is 436 g/mol. The average molecular weight is 436 g/mol. The number of hydrogen-bond acceptors (Lipinski definition) is 7. The van der Waals surface area contributed by atoms with Crippen molar-refractivity contribution in [2.45, 2.75) is 37.3 Å². The number of anilines is 3. The summed E-state index contributed by atoms with van der Waals surface area (Å²) >= 11 is 1.38. The smallest absolute Gasteiger partial charge is 0.264 e. The number of nitrogens with one attached hydrogen (secondary N) is 2. The van der Waals surface area contributed by atoms with Gasteiger partial charge in [-0.05, 0) is 31.0 Å². The SMILES string of the molecule is NC(=O)c1cc(F)c(N[C@@H]2CCCC(F)(F)[C@@H]2N)nc1Nc1csc2ncccc12. The molecule has 1 fully saturated rings. The minimum atomic E-state index is -3.05. The molecule has 11 heteroatoms. The second-order valence-electron chi connectivity index (χ2n) is 7.14. The minimum absolute atomic E-state index is 0.00564. The number of primary amides is 1. The zero-order valence-electron chi connectivity index (χ0n) is 15.7. The van der Waals surface area contributed by atoms with Gasteiger partial charge in [-0.3, -0.25) is 4.79 Å². The van der Waals surface area contributed by atoms with Crippen LogP contribution in [0.25, 0.3) is 10.2 Å². The molecule has 4 rings (SSSR count). The molecular formula is C19H19F3N6OS. The van der Waals surface area contributed by atoms with Gasteiger partial charge in [-0.1, -0.05) is 0 Å². The van der Waals surface area contributed by atoms with Gasteiger partial charge >= 0.3 is 0 Å². The molecule has 2 atom stereocenters. The molecule has 3 heterocycles. The fourth-order valence-corrected chi connectivity index (χ4v) is 4.34. The van der Waals surface area contributed by atoms with E-state index in [2.05, 4.69) is 20.6 Å². The van der Waals surface area contributed by atoms with Crippen molar-refractivity contribution < 1.29 is 18.0 Å². The highest BCUT2D eigenvalue weighted by atomic mass is 32.1. The number of pyridine rings is 2. The number of hydrogen-bond donors (Lipinski definition) is 4. The first-order valence-corrected chi connectivity index (χ1v) is 10.1. The van der Waals surface area contributed by atoms with Crippen molar-refractivity contribution in [3.63, 3.8) is 0 Å². The molecule has 7 nitrogen and oxygen atoms in total. The highest BCUT2D eigenvalue weighted by Crippen LogP contribution is 2.35. The molecule has 3 aromatic rings. The number of halogens is 3. The summed E-state index contributed by atoms with van der Waals surface area (Å²) in [7, 11) is 0. The summed E-state index contributed by atoms with van der Waals surface area (Å²) in [5.41, 5.74) is 11.5. The van der Waals surface area contributed by atoms with Gasteiger partial charge in [-0.25, -0.2) is 23.1 Å². The van der Waals surface area contributed by atoms with Crippen LogP contribution in [-0.2, 0) is 0 Å². The molecule has 1 aliphatic rings. The molecule has 3 aromatic heterocycles. The minimum Gasteiger partial charge on any atom is -0.365 e. The molecule has 0 aromatic carbocycles. The van der Waals surface area contributed by atoms with Gasteiger partial charge in [0.05, 0.1) is 17.3 Å².